The van der Waals surface area contributed by atoms with E-state index in [4.69, 9.17) is 4.74 Å². The lowest BCUT2D eigenvalue weighted by atomic mass is 9.77. The highest BCUT2D eigenvalue weighted by Crippen LogP contribution is 2.54. The summed E-state index contributed by atoms with van der Waals surface area (Å²) < 4.78 is 7.43. The molecule has 1 N–H and O–H groups in total. The monoisotopic (exact) mass is 504 g/mol. The van der Waals surface area contributed by atoms with Gasteiger partial charge >= 0.3 is 0 Å². The Bertz CT molecular complexity index is 1530. The van der Waals surface area contributed by atoms with Gasteiger partial charge in [-0.15, -0.1) is 0 Å². The first kappa shape index (κ1) is 20.0. The van der Waals surface area contributed by atoms with E-state index in [1.807, 2.05) is 54.6 Å². The fourth-order valence-corrected chi connectivity index (χ4v) is 6.25. The summed E-state index contributed by atoms with van der Waals surface area (Å²) in [6, 6.07) is 30.8. The number of hydrogen-bond acceptors (Lipinski definition) is 2. The summed E-state index contributed by atoms with van der Waals surface area (Å²) in [4.78, 5) is 0. The normalized spacial score (nSPS) is 23.4. The van der Waals surface area contributed by atoms with Crippen molar-refractivity contribution in [1.29, 1.82) is 0 Å². The Kier molecular flexibility index (Phi) is 4.30. The van der Waals surface area contributed by atoms with Crippen LogP contribution in [0, 0.1) is 0 Å². The van der Waals surface area contributed by atoms with Crippen LogP contribution in [0.5, 0.6) is 5.75 Å². The average Bonchev–Trinajstić information content (AvgIpc) is 3.38. The van der Waals surface area contributed by atoms with E-state index >= 15 is 0 Å². The van der Waals surface area contributed by atoms with Gasteiger partial charge in [-0.3, -0.25) is 0 Å². The quantitative estimate of drug-likeness (QED) is 0.312. The van der Waals surface area contributed by atoms with Crippen LogP contribution in [0.4, 0.5) is 0 Å². The first-order chi connectivity index (χ1) is 16.7. The summed E-state index contributed by atoms with van der Waals surface area (Å²) in [5.41, 5.74) is 6.87. The molecule has 4 aromatic rings. The lowest BCUT2D eigenvalue weighted by molar-refractivity contribution is 0.130. The maximum Gasteiger partial charge on any atom is 0.142 e. The number of para-hydroxylation sites is 1. The van der Waals surface area contributed by atoms with E-state index in [0.717, 1.165) is 49.2 Å². The molecule has 3 aliphatic rings. The summed E-state index contributed by atoms with van der Waals surface area (Å²) in [6.07, 6.45) is 6.35. The summed E-state index contributed by atoms with van der Waals surface area (Å²) in [6.45, 7) is 0. The van der Waals surface area contributed by atoms with Crippen LogP contribution in [0.25, 0.3) is 16.7 Å². The predicted molar refractivity (Wildman–Crippen MR) is 139 cm³/mol. The van der Waals surface area contributed by atoms with Gasteiger partial charge in [0.05, 0.1) is 0 Å². The zero-order valence-corrected chi connectivity index (χ0v) is 19.9. The van der Waals surface area contributed by atoms with Gasteiger partial charge < -0.3 is 9.84 Å². The molecule has 0 fully saturated rings. The number of benzene rings is 4. The van der Waals surface area contributed by atoms with Gasteiger partial charge in [-0.1, -0.05) is 107 Å². The van der Waals surface area contributed by atoms with Crippen molar-refractivity contribution in [2.24, 2.45) is 0 Å². The molecule has 164 valence electrons. The molecule has 34 heavy (non-hydrogen) atoms. The highest BCUT2D eigenvalue weighted by Gasteiger charge is 2.46. The van der Waals surface area contributed by atoms with Gasteiger partial charge in [0.1, 0.15) is 17.5 Å². The minimum Gasteiger partial charge on any atom is -0.484 e. The molecule has 3 heteroatoms. The number of fused-ring (bicyclic) bond motifs is 6. The molecule has 1 heterocycles. The molecule has 4 aromatic carbocycles. The second kappa shape index (κ2) is 7.30. The molecule has 1 aliphatic heterocycles. The molecule has 0 amide bonds. The Hall–Kier alpha value is -3.40. The molecule has 7 rings (SSSR count). The fraction of sp³-hybridized carbons (Fsp3) is 0.0968. The summed E-state index contributed by atoms with van der Waals surface area (Å²) >= 11 is 3.63. The van der Waals surface area contributed by atoms with E-state index in [1.54, 1.807) is 0 Å². The van der Waals surface area contributed by atoms with Crippen molar-refractivity contribution in [3.05, 3.63) is 142 Å². The van der Waals surface area contributed by atoms with Crippen molar-refractivity contribution < 1.29 is 9.84 Å². The molecule has 2 nitrogen and oxygen atoms in total. The number of aliphatic hydroxyl groups is 1. The minimum atomic E-state index is -1.27. The molecule has 0 spiro atoms. The van der Waals surface area contributed by atoms with Crippen molar-refractivity contribution >= 4 is 21.5 Å². The van der Waals surface area contributed by atoms with Crippen LogP contribution in [0.15, 0.2) is 114 Å². The van der Waals surface area contributed by atoms with Crippen LogP contribution in [0.3, 0.4) is 0 Å². The van der Waals surface area contributed by atoms with E-state index in [9.17, 15) is 5.11 Å². The molecule has 0 aromatic heterocycles. The second-order valence-electron chi connectivity index (χ2n) is 9.10. The highest BCUT2D eigenvalue weighted by atomic mass is 79.9. The molecule has 0 bridgehead atoms. The summed E-state index contributed by atoms with van der Waals surface area (Å²) in [5.74, 6) is 1.10. The van der Waals surface area contributed by atoms with E-state index in [-0.39, 0.29) is 12.0 Å². The third-order valence-electron chi connectivity index (χ3n) is 7.37. The fourth-order valence-electron chi connectivity index (χ4n) is 5.88. The Morgan fingerprint density at radius 1 is 0.735 bits per heavy atom. The first-order valence-corrected chi connectivity index (χ1v) is 12.3. The van der Waals surface area contributed by atoms with Crippen molar-refractivity contribution in [1.82, 2.24) is 0 Å². The third-order valence-corrected chi connectivity index (χ3v) is 7.86. The zero-order valence-electron chi connectivity index (χ0n) is 18.3. The lowest BCUT2D eigenvalue weighted by Crippen LogP contribution is -2.30. The number of hydrogen-bond donors (Lipinski definition) is 1. The van der Waals surface area contributed by atoms with Crippen LogP contribution in [0.2, 0.25) is 0 Å². The van der Waals surface area contributed by atoms with Gasteiger partial charge in [0.25, 0.3) is 0 Å². The minimum absolute atomic E-state index is 0.120. The maximum absolute atomic E-state index is 12.6. The molecule has 3 unspecified atom stereocenters. The topological polar surface area (TPSA) is 29.5 Å². The van der Waals surface area contributed by atoms with E-state index in [2.05, 4.69) is 70.6 Å². The van der Waals surface area contributed by atoms with Gasteiger partial charge in [-0.05, 0) is 34.9 Å². The molecular weight excluding hydrogens is 484 g/mol. The van der Waals surface area contributed by atoms with Crippen LogP contribution in [0.1, 0.15) is 33.7 Å². The van der Waals surface area contributed by atoms with Crippen molar-refractivity contribution in [3.63, 3.8) is 0 Å². The molecule has 2 aliphatic carbocycles. The number of rotatable bonds is 2. The summed E-state index contributed by atoms with van der Waals surface area (Å²) in [7, 11) is 0. The maximum atomic E-state index is 12.6. The van der Waals surface area contributed by atoms with E-state index in [1.165, 1.54) is 5.56 Å². The van der Waals surface area contributed by atoms with E-state index in [0.29, 0.717) is 0 Å². The average molecular weight is 505 g/mol. The number of allylic oxidation sites excluding steroid dienone is 2. The van der Waals surface area contributed by atoms with E-state index < -0.39 is 5.60 Å². The largest absolute Gasteiger partial charge is 0.484 e. The Morgan fingerprint density at radius 3 is 2.26 bits per heavy atom. The molecule has 0 saturated heterocycles. The molecule has 3 atom stereocenters. The van der Waals surface area contributed by atoms with Crippen molar-refractivity contribution in [3.8, 4) is 16.9 Å². The van der Waals surface area contributed by atoms with Crippen molar-refractivity contribution in [2.75, 3.05) is 0 Å². The Morgan fingerprint density at radius 2 is 1.41 bits per heavy atom. The third kappa shape index (κ3) is 2.65. The van der Waals surface area contributed by atoms with Crippen LogP contribution < -0.4 is 4.74 Å². The first-order valence-electron chi connectivity index (χ1n) is 11.5. The van der Waals surface area contributed by atoms with Gasteiger partial charge in [0.15, 0.2) is 0 Å². The number of ether oxygens (including phenoxy) is 1. The Balaban J connectivity index is 1.44. The molecular formula is C31H21BrO2. The summed E-state index contributed by atoms with van der Waals surface area (Å²) in [5, 5.41) is 12.6. The predicted octanol–water partition coefficient (Wildman–Crippen LogP) is 7.21. The van der Waals surface area contributed by atoms with Crippen LogP contribution in [-0.4, -0.2) is 11.2 Å². The second-order valence-corrected chi connectivity index (χ2v) is 10.0. The van der Waals surface area contributed by atoms with Gasteiger partial charge in [-0.2, -0.15) is 0 Å². The zero-order chi connectivity index (χ0) is 22.9. The van der Waals surface area contributed by atoms with Crippen molar-refractivity contribution in [2.45, 2.75) is 17.6 Å². The standard InChI is InChI=1S/C31H21BrO2/c32-19-16-17-22-20-8-1-4-13-26(20)31(33,28(22)18-19)27-14-5-2-9-21(27)24-11-7-12-25-23-10-3-6-15-29(23)34-30(24)25/h1-18,25,30,33H. The lowest BCUT2D eigenvalue weighted by Gasteiger charge is -2.32. The van der Waals surface area contributed by atoms with Gasteiger partial charge in [0, 0.05) is 38.2 Å². The van der Waals surface area contributed by atoms with Gasteiger partial charge in [0.2, 0.25) is 0 Å². The van der Waals surface area contributed by atoms with Crippen LogP contribution in [-0.2, 0) is 5.60 Å². The molecule has 0 radical (unpaired) electrons. The van der Waals surface area contributed by atoms with Crippen LogP contribution >= 0.6 is 15.9 Å². The highest BCUT2D eigenvalue weighted by molar-refractivity contribution is 9.10. The Labute approximate surface area is 207 Å². The molecule has 0 saturated carbocycles. The smallest absolute Gasteiger partial charge is 0.142 e. The number of halogens is 1. The van der Waals surface area contributed by atoms with Gasteiger partial charge in [-0.25, -0.2) is 0 Å². The SMILES string of the molecule is OC1(c2ccccc2C2=CC=CC3c4ccccc4OC23)c2ccccc2-c2ccc(Br)cc21.